The van der Waals surface area contributed by atoms with Crippen molar-refractivity contribution in [2.45, 2.75) is 64.6 Å². The lowest BCUT2D eigenvalue weighted by atomic mass is 10.1. The van der Waals surface area contributed by atoms with Gasteiger partial charge in [-0.25, -0.2) is 4.79 Å². The molecule has 1 aromatic heterocycles. The summed E-state index contributed by atoms with van der Waals surface area (Å²) in [7, 11) is 1.61. The average molecular weight is 326 g/mol. The number of carbonyl (C=O) groups excluding carboxylic acids is 1. The SMILES string of the molecule is COC[C@H]1OC(C)(C)N(C(=O)OC(C)(C)C)[C@@H]1Cn1nccn1. The van der Waals surface area contributed by atoms with Crippen molar-refractivity contribution in [3.63, 3.8) is 0 Å². The minimum Gasteiger partial charge on any atom is -0.444 e. The van der Waals surface area contributed by atoms with Gasteiger partial charge in [-0.3, -0.25) is 4.90 Å². The predicted molar refractivity (Wildman–Crippen MR) is 82.7 cm³/mol. The van der Waals surface area contributed by atoms with Gasteiger partial charge in [-0.1, -0.05) is 0 Å². The van der Waals surface area contributed by atoms with Gasteiger partial charge in [0.25, 0.3) is 0 Å². The highest BCUT2D eigenvalue weighted by atomic mass is 16.6. The van der Waals surface area contributed by atoms with Gasteiger partial charge in [-0.2, -0.15) is 15.0 Å². The fourth-order valence-electron chi connectivity index (χ4n) is 2.75. The molecule has 1 aliphatic heterocycles. The maximum absolute atomic E-state index is 12.7. The second-order valence-corrected chi connectivity index (χ2v) is 7.06. The molecule has 1 amide bonds. The van der Waals surface area contributed by atoms with Gasteiger partial charge in [0.15, 0.2) is 0 Å². The Kier molecular flexibility index (Phi) is 4.95. The summed E-state index contributed by atoms with van der Waals surface area (Å²) in [5.74, 6) is 0. The Balaban J connectivity index is 2.27. The maximum atomic E-state index is 12.7. The van der Waals surface area contributed by atoms with Crippen LogP contribution in [0.25, 0.3) is 0 Å². The van der Waals surface area contributed by atoms with E-state index in [-0.39, 0.29) is 12.1 Å². The number of hydrogen-bond acceptors (Lipinski definition) is 6. The fraction of sp³-hybridized carbons (Fsp3) is 0.800. The molecular formula is C15H26N4O4. The summed E-state index contributed by atoms with van der Waals surface area (Å²) in [6, 6.07) is -0.285. The minimum atomic E-state index is -0.802. The highest BCUT2D eigenvalue weighted by Gasteiger charge is 2.51. The normalized spacial score (nSPS) is 24.0. The molecule has 0 saturated carbocycles. The second kappa shape index (κ2) is 6.45. The number of aromatic nitrogens is 3. The molecule has 0 N–H and O–H groups in total. The molecular weight excluding hydrogens is 300 g/mol. The van der Waals surface area contributed by atoms with E-state index in [2.05, 4.69) is 10.2 Å². The van der Waals surface area contributed by atoms with E-state index in [1.165, 1.54) is 4.80 Å². The van der Waals surface area contributed by atoms with Crippen LogP contribution in [0.15, 0.2) is 12.4 Å². The monoisotopic (exact) mass is 326 g/mol. The van der Waals surface area contributed by atoms with Crippen molar-refractivity contribution in [2.24, 2.45) is 0 Å². The molecule has 2 rings (SSSR count). The van der Waals surface area contributed by atoms with Gasteiger partial charge in [0.2, 0.25) is 0 Å². The van der Waals surface area contributed by atoms with Crippen LogP contribution in [-0.4, -0.2) is 63.2 Å². The Labute approximate surface area is 136 Å². The Bertz CT molecular complexity index is 524. The number of carbonyl (C=O) groups is 1. The summed E-state index contributed by atoms with van der Waals surface area (Å²) in [5, 5.41) is 8.24. The number of ether oxygens (including phenoxy) is 3. The van der Waals surface area contributed by atoms with Gasteiger partial charge in [0, 0.05) is 7.11 Å². The summed E-state index contributed by atoms with van der Waals surface area (Å²) in [5.41, 5.74) is -1.38. The molecule has 8 heteroatoms. The molecule has 0 spiro atoms. The van der Waals surface area contributed by atoms with Crippen molar-refractivity contribution in [3.8, 4) is 0 Å². The fourth-order valence-corrected chi connectivity index (χ4v) is 2.75. The molecule has 0 aromatic carbocycles. The lowest BCUT2D eigenvalue weighted by molar-refractivity contribution is -0.0894. The first kappa shape index (κ1) is 17.7. The third-order valence-corrected chi connectivity index (χ3v) is 3.52. The third kappa shape index (κ3) is 4.20. The molecule has 130 valence electrons. The maximum Gasteiger partial charge on any atom is 0.412 e. The molecule has 1 aliphatic rings. The molecule has 1 fully saturated rings. The van der Waals surface area contributed by atoms with Crippen molar-refractivity contribution in [2.75, 3.05) is 13.7 Å². The molecule has 0 unspecified atom stereocenters. The van der Waals surface area contributed by atoms with E-state index in [0.717, 1.165) is 0 Å². The Morgan fingerprint density at radius 1 is 1.30 bits per heavy atom. The quantitative estimate of drug-likeness (QED) is 0.837. The van der Waals surface area contributed by atoms with Crippen molar-refractivity contribution in [1.82, 2.24) is 19.9 Å². The first-order valence-corrected chi connectivity index (χ1v) is 7.67. The minimum absolute atomic E-state index is 0.284. The van der Waals surface area contributed by atoms with E-state index in [4.69, 9.17) is 14.2 Å². The molecule has 0 aliphatic carbocycles. The van der Waals surface area contributed by atoms with Crippen LogP contribution in [0.3, 0.4) is 0 Å². The molecule has 2 heterocycles. The van der Waals surface area contributed by atoms with Crippen LogP contribution >= 0.6 is 0 Å². The van der Waals surface area contributed by atoms with E-state index >= 15 is 0 Å². The van der Waals surface area contributed by atoms with Crippen LogP contribution in [0.1, 0.15) is 34.6 Å². The predicted octanol–water partition coefficient (Wildman–Crippen LogP) is 1.67. The topological polar surface area (TPSA) is 78.7 Å². The Morgan fingerprint density at radius 3 is 2.43 bits per heavy atom. The zero-order valence-corrected chi connectivity index (χ0v) is 14.6. The van der Waals surface area contributed by atoms with E-state index < -0.39 is 17.4 Å². The van der Waals surface area contributed by atoms with Gasteiger partial charge in [-0.05, 0) is 34.6 Å². The molecule has 23 heavy (non-hydrogen) atoms. The standard InChI is InChI=1S/C15H26N4O4/c1-14(2,3)23-13(20)19-11(9-18-16-7-8-17-18)12(10-21-6)22-15(19,4)5/h7-8,11-12H,9-10H2,1-6H3/t11-,12-/m1/s1. The van der Waals surface area contributed by atoms with Crippen LogP contribution in [0, 0.1) is 0 Å². The van der Waals surface area contributed by atoms with Gasteiger partial charge < -0.3 is 14.2 Å². The molecule has 1 saturated heterocycles. The van der Waals surface area contributed by atoms with Gasteiger partial charge in [0.1, 0.15) is 17.4 Å². The molecule has 2 atom stereocenters. The smallest absolute Gasteiger partial charge is 0.412 e. The van der Waals surface area contributed by atoms with Crippen LogP contribution < -0.4 is 0 Å². The van der Waals surface area contributed by atoms with E-state index in [0.29, 0.717) is 13.2 Å². The van der Waals surface area contributed by atoms with E-state index in [1.807, 2.05) is 34.6 Å². The lowest BCUT2D eigenvalue weighted by Gasteiger charge is -2.35. The van der Waals surface area contributed by atoms with Crippen LogP contribution in [0.2, 0.25) is 0 Å². The number of nitrogens with zero attached hydrogens (tertiary/aromatic N) is 4. The number of hydrogen-bond donors (Lipinski definition) is 0. The lowest BCUT2D eigenvalue weighted by Crippen LogP contribution is -2.52. The van der Waals surface area contributed by atoms with Crippen molar-refractivity contribution < 1.29 is 19.0 Å². The highest BCUT2D eigenvalue weighted by molar-refractivity contribution is 5.70. The second-order valence-electron chi connectivity index (χ2n) is 7.06. The molecule has 1 aromatic rings. The summed E-state index contributed by atoms with van der Waals surface area (Å²) >= 11 is 0. The Morgan fingerprint density at radius 2 is 1.91 bits per heavy atom. The summed E-state index contributed by atoms with van der Waals surface area (Å²) in [4.78, 5) is 15.9. The molecule has 0 radical (unpaired) electrons. The van der Waals surface area contributed by atoms with Crippen LogP contribution in [0.5, 0.6) is 0 Å². The summed E-state index contributed by atoms with van der Waals surface area (Å²) in [6.45, 7) is 9.98. The first-order chi connectivity index (χ1) is 10.6. The van der Waals surface area contributed by atoms with Crippen molar-refractivity contribution >= 4 is 6.09 Å². The van der Waals surface area contributed by atoms with Crippen LogP contribution in [-0.2, 0) is 20.8 Å². The third-order valence-electron chi connectivity index (χ3n) is 3.52. The number of methoxy groups -OCH3 is 1. The summed E-state index contributed by atoms with van der Waals surface area (Å²) < 4.78 is 16.8. The zero-order chi connectivity index (χ0) is 17.3. The van der Waals surface area contributed by atoms with E-state index in [9.17, 15) is 4.79 Å². The first-order valence-electron chi connectivity index (χ1n) is 7.67. The van der Waals surface area contributed by atoms with Crippen molar-refractivity contribution in [1.29, 1.82) is 0 Å². The van der Waals surface area contributed by atoms with Crippen LogP contribution in [0.4, 0.5) is 4.79 Å². The number of rotatable bonds is 4. The van der Waals surface area contributed by atoms with E-state index in [1.54, 1.807) is 24.4 Å². The molecule has 0 bridgehead atoms. The summed E-state index contributed by atoms with van der Waals surface area (Å²) in [6.07, 6.45) is 2.50. The number of amides is 1. The van der Waals surface area contributed by atoms with Gasteiger partial charge in [-0.15, -0.1) is 0 Å². The Hall–Kier alpha value is -1.67. The zero-order valence-electron chi connectivity index (χ0n) is 14.6. The van der Waals surface area contributed by atoms with Crippen molar-refractivity contribution in [3.05, 3.63) is 12.4 Å². The van der Waals surface area contributed by atoms with Gasteiger partial charge >= 0.3 is 6.09 Å². The highest BCUT2D eigenvalue weighted by Crippen LogP contribution is 2.34. The average Bonchev–Trinajstić information content (AvgIpc) is 2.95. The largest absolute Gasteiger partial charge is 0.444 e. The molecule has 8 nitrogen and oxygen atoms in total. The van der Waals surface area contributed by atoms with Gasteiger partial charge in [0.05, 0.1) is 31.6 Å².